The molecule has 4 heteroatoms. The molecule has 0 aromatic heterocycles. The number of rotatable bonds is 5. The summed E-state index contributed by atoms with van der Waals surface area (Å²) in [6, 6.07) is 7.12. The Morgan fingerprint density at radius 2 is 2.18 bits per heavy atom. The van der Waals surface area contributed by atoms with Crippen molar-refractivity contribution < 1.29 is 9.53 Å². The highest BCUT2D eigenvalue weighted by Crippen LogP contribution is 2.19. The Hall–Kier alpha value is -1.55. The van der Waals surface area contributed by atoms with Crippen LogP contribution in [0.2, 0.25) is 0 Å². The molecule has 1 aromatic carbocycles. The third kappa shape index (κ3) is 4.07. The van der Waals surface area contributed by atoms with Gasteiger partial charge in [0.05, 0.1) is 18.7 Å². The minimum absolute atomic E-state index is 0.0751. The number of hydrogen-bond acceptors (Lipinski definition) is 3. The van der Waals surface area contributed by atoms with E-state index in [1.54, 1.807) is 6.92 Å². The Labute approximate surface area is 102 Å². The van der Waals surface area contributed by atoms with Crippen molar-refractivity contribution >= 4 is 5.91 Å². The summed E-state index contributed by atoms with van der Waals surface area (Å²) in [5.74, 6) is 0.659. The average Bonchev–Trinajstić information content (AvgIpc) is 2.29. The van der Waals surface area contributed by atoms with Gasteiger partial charge in [-0.15, -0.1) is 0 Å². The summed E-state index contributed by atoms with van der Waals surface area (Å²) in [5, 5.41) is 2.85. The van der Waals surface area contributed by atoms with Gasteiger partial charge in [-0.3, -0.25) is 4.79 Å². The molecule has 1 aromatic rings. The number of carbonyl (C=O) groups is 1. The number of nitrogens with two attached hydrogens (primary N) is 1. The summed E-state index contributed by atoms with van der Waals surface area (Å²) in [4.78, 5) is 11.5. The molecule has 0 bridgehead atoms. The molecule has 0 spiro atoms. The standard InChI is InChI=1S/C13H20N2O2/c1-4-17-12-7-5-6-11(8-12)10(3)15-13(16)9(2)14/h5-10H,4,14H2,1-3H3,(H,15,16). The molecule has 0 aliphatic heterocycles. The molecule has 0 saturated carbocycles. The van der Waals surface area contributed by atoms with Crippen molar-refractivity contribution in [3.8, 4) is 5.75 Å². The van der Waals surface area contributed by atoms with Crippen LogP contribution in [0.4, 0.5) is 0 Å². The molecule has 4 nitrogen and oxygen atoms in total. The summed E-state index contributed by atoms with van der Waals surface area (Å²) in [5.41, 5.74) is 6.51. The van der Waals surface area contributed by atoms with E-state index in [-0.39, 0.29) is 11.9 Å². The van der Waals surface area contributed by atoms with Gasteiger partial charge in [0.1, 0.15) is 5.75 Å². The number of carbonyl (C=O) groups excluding carboxylic acids is 1. The quantitative estimate of drug-likeness (QED) is 0.816. The minimum atomic E-state index is -0.493. The van der Waals surface area contributed by atoms with E-state index in [4.69, 9.17) is 10.5 Å². The molecule has 0 radical (unpaired) electrons. The lowest BCUT2D eigenvalue weighted by molar-refractivity contribution is -0.122. The van der Waals surface area contributed by atoms with Crippen LogP contribution in [0.25, 0.3) is 0 Å². The summed E-state index contributed by atoms with van der Waals surface area (Å²) in [6.07, 6.45) is 0. The van der Waals surface area contributed by atoms with E-state index in [1.165, 1.54) is 0 Å². The van der Waals surface area contributed by atoms with E-state index >= 15 is 0 Å². The van der Waals surface area contributed by atoms with Gasteiger partial charge in [0.2, 0.25) is 5.91 Å². The zero-order valence-corrected chi connectivity index (χ0v) is 10.6. The zero-order valence-electron chi connectivity index (χ0n) is 10.6. The van der Waals surface area contributed by atoms with Gasteiger partial charge >= 0.3 is 0 Å². The molecule has 0 aliphatic carbocycles. The van der Waals surface area contributed by atoms with E-state index in [0.29, 0.717) is 6.61 Å². The normalized spacial score (nSPS) is 13.9. The van der Waals surface area contributed by atoms with Crippen LogP contribution in [0.3, 0.4) is 0 Å². The lowest BCUT2D eigenvalue weighted by Crippen LogP contribution is -2.39. The van der Waals surface area contributed by atoms with Crippen LogP contribution in [0.5, 0.6) is 5.75 Å². The van der Waals surface area contributed by atoms with Gasteiger partial charge in [0.25, 0.3) is 0 Å². The zero-order chi connectivity index (χ0) is 12.8. The summed E-state index contributed by atoms with van der Waals surface area (Å²) in [7, 11) is 0. The summed E-state index contributed by atoms with van der Waals surface area (Å²) in [6.45, 7) is 6.15. The van der Waals surface area contributed by atoms with E-state index < -0.39 is 6.04 Å². The lowest BCUT2D eigenvalue weighted by Gasteiger charge is -2.16. The van der Waals surface area contributed by atoms with E-state index in [9.17, 15) is 4.79 Å². The molecule has 0 fully saturated rings. The second-order valence-electron chi connectivity index (χ2n) is 4.02. The number of amides is 1. The summed E-state index contributed by atoms with van der Waals surface area (Å²) >= 11 is 0. The van der Waals surface area contributed by atoms with Gasteiger partial charge in [0, 0.05) is 0 Å². The van der Waals surface area contributed by atoms with Crippen molar-refractivity contribution in [2.45, 2.75) is 32.9 Å². The van der Waals surface area contributed by atoms with Crippen LogP contribution in [0, 0.1) is 0 Å². The largest absolute Gasteiger partial charge is 0.494 e. The van der Waals surface area contributed by atoms with Gasteiger partial charge in [-0.2, -0.15) is 0 Å². The Morgan fingerprint density at radius 1 is 1.47 bits per heavy atom. The fourth-order valence-corrected chi connectivity index (χ4v) is 1.47. The second kappa shape index (κ2) is 6.25. The van der Waals surface area contributed by atoms with Crippen molar-refractivity contribution in [2.24, 2.45) is 5.73 Å². The third-order valence-electron chi connectivity index (χ3n) is 2.44. The molecule has 0 saturated heterocycles. The molecular formula is C13H20N2O2. The van der Waals surface area contributed by atoms with Crippen molar-refractivity contribution in [1.29, 1.82) is 0 Å². The monoisotopic (exact) mass is 236 g/mol. The highest BCUT2D eigenvalue weighted by molar-refractivity contribution is 5.81. The molecule has 1 rings (SSSR count). The fourth-order valence-electron chi connectivity index (χ4n) is 1.47. The molecule has 0 heterocycles. The highest BCUT2D eigenvalue weighted by atomic mass is 16.5. The predicted octanol–water partition coefficient (Wildman–Crippen LogP) is 1.61. The van der Waals surface area contributed by atoms with Crippen molar-refractivity contribution in [3.05, 3.63) is 29.8 Å². The number of hydrogen-bond donors (Lipinski definition) is 2. The first kappa shape index (κ1) is 13.5. The maximum atomic E-state index is 11.5. The van der Waals surface area contributed by atoms with Crippen LogP contribution in [0.1, 0.15) is 32.4 Å². The number of nitrogens with one attached hydrogen (secondary N) is 1. The second-order valence-corrected chi connectivity index (χ2v) is 4.02. The molecule has 2 unspecified atom stereocenters. The molecule has 0 aliphatic rings. The van der Waals surface area contributed by atoms with Crippen LogP contribution in [0.15, 0.2) is 24.3 Å². The van der Waals surface area contributed by atoms with Crippen molar-refractivity contribution in [3.63, 3.8) is 0 Å². The molecule has 3 N–H and O–H groups in total. The minimum Gasteiger partial charge on any atom is -0.494 e. The Morgan fingerprint density at radius 3 is 2.76 bits per heavy atom. The van der Waals surface area contributed by atoms with Crippen molar-refractivity contribution in [1.82, 2.24) is 5.32 Å². The summed E-state index contributed by atoms with van der Waals surface area (Å²) < 4.78 is 5.41. The van der Waals surface area contributed by atoms with Gasteiger partial charge < -0.3 is 15.8 Å². The SMILES string of the molecule is CCOc1cccc(C(C)NC(=O)C(C)N)c1. The van der Waals surface area contributed by atoms with E-state index in [1.807, 2.05) is 38.1 Å². The lowest BCUT2D eigenvalue weighted by atomic mass is 10.1. The Balaban J connectivity index is 2.71. The maximum absolute atomic E-state index is 11.5. The molecular weight excluding hydrogens is 216 g/mol. The maximum Gasteiger partial charge on any atom is 0.237 e. The van der Waals surface area contributed by atoms with Gasteiger partial charge in [0.15, 0.2) is 0 Å². The molecule has 17 heavy (non-hydrogen) atoms. The third-order valence-corrected chi connectivity index (χ3v) is 2.44. The first-order valence-electron chi connectivity index (χ1n) is 5.83. The first-order valence-corrected chi connectivity index (χ1v) is 5.83. The van der Waals surface area contributed by atoms with E-state index in [0.717, 1.165) is 11.3 Å². The van der Waals surface area contributed by atoms with Gasteiger partial charge in [-0.1, -0.05) is 12.1 Å². The smallest absolute Gasteiger partial charge is 0.237 e. The van der Waals surface area contributed by atoms with E-state index in [2.05, 4.69) is 5.32 Å². The van der Waals surface area contributed by atoms with Crippen LogP contribution < -0.4 is 15.8 Å². The number of ether oxygens (including phenoxy) is 1. The highest BCUT2D eigenvalue weighted by Gasteiger charge is 2.12. The van der Waals surface area contributed by atoms with Crippen molar-refractivity contribution in [2.75, 3.05) is 6.61 Å². The fraction of sp³-hybridized carbons (Fsp3) is 0.462. The topological polar surface area (TPSA) is 64.3 Å². The molecule has 2 atom stereocenters. The molecule has 94 valence electrons. The Bertz CT molecular complexity index is 377. The van der Waals surface area contributed by atoms with Crippen LogP contribution >= 0.6 is 0 Å². The Kier molecular flexibility index (Phi) is 4.97. The van der Waals surface area contributed by atoms with Crippen LogP contribution in [-0.2, 0) is 4.79 Å². The predicted molar refractivity (Wildman–Crippen MR) is 67.8 cm³/mol. The van der Waals surface area contributed by atoms with Gasteiger partial charge in [-0.05, 0) is 38.5 Å². The molecule has 1 amide bonds. The van der Waals surface area contributed by atoms with Crippen LogP contribution in [-0.4, -0.2) is 18.6 Å². The van der Waals surface area contributed by atoms with Gasteiger partial charge in [-0.25, -0.2) is 0 Å². The first-order chi connectivity index (χ1) is 8.04. The number of benzene rings is 1. The average molecular weight is 236 g/mol.